The van der Waals surface area contributed by atoms with Crippen LogP contribution in [-0.2, 0) is 6.54 Å². The van der Waals surface area contributed by atoms with E-state index in [-0.39, 0.29) is 5.91 Å². The molecule has 0 aliphatic heterocycles. The van der Waals surface area contributed by atoms with Gasteiger partial charge in [-0.25, -0.2) is 4.98 Å². The number of amides is 1. The molecule has 0 saturated carbocycles. The Labute approximate surface area is 119 Å². The minimum absolute atomic E-state index is 0.320. The number of anilines is 2. The Morgan fingerprint density at radius 2 is 2.32 bits per heavy atom. The van der Waals surface area contributed by atoms with E-state index in [9.17, 15) is 4.79 Å². The van der Waals surface area contributed by atoms with E-state index in [0.29, 0.717) is 33.9 Å². The summed E-state index contributed by atoms with van der Waals surface area (Å²) >= 11 is 3.33. The van der Waals surface area contributed by atoms with Gasteiger partial charge in [-0.2, -0.15) is 5.10 Å². The Morgan fingerprint density at radius 1 is 1.58 bits per heavy atom. The Morgan fingerprint density at radius 3 is 2.95 bits per heavy atom. The summed E-state index contributed by atoms with van der Waals surface area (Å²) in [5, 5.41) is 6.93. The molecule has 3 N–H and O–H groups in total. The molecule has 2 rings (SSSR count). The van der Waals surface area contributed by atoms with Crippen molar-refractivity contribution in [2.24, 2.45) is 0 Å². The van der Waals surface area contributed by atoms with Crippen LogP contribution in [-0.4, -0.2) is 20.7 Å². The fraction of sp³-hybridized carbons (Fsp3) is 0.250. The summed E-state index contributed by atoms with van der Waals surface area (Å²) in [5.41, 5.74) is 7.29. The van der Waals surface area contributed by atoms with E-state index in [0.717, 1.165) is 0 Å². The summed E-state index contributed by atoms with van der Waals surface area (Å²) in [7, 11) is 0. The van der Waals surface area contributed by atoms with Crippen molar-refractivity contribution >= 4 is 33.3 Å². The molecular weight excluding hydrogens is 310 g/mol. The van der Waals surface area contributed by atoms with E-state index in [4.69, 9.17) is 5.73 Å². The van der Waals surface area contributed by atoms with Crippen molar-refractivity contribution in [2.75, 3.05) is 11.1 Å². The summed E-state index contributed by atoms with van der Waals surface area (Å²) in [5.74, 6) is 0.132. The topological polar surface area (TPSA) is 85.8 Å². The smallest absolute Gasteiger partial charge is 0.277 e. The van der Waals surface area contributed by atoms with Gasteiger partial charge in [0.15, 0.2) is 0 Å². The van der Waals surface area contributed by atoms with E-state index in [1.807, 2.05) is 6.92 Å². The third kappa shape index (κ3) is 2.60. The third-order valence-electron chi connectivity index (χ3n) is 2.68. The number of rotatable bonds is 3. The first-order valence-electron chi connectivity index (χ1n) is 5.79. The van der Waals surface area contributed by atoms with Gasteiger partial charge in [-0.15, -0.1) is 0 Å². The minimum Gasteiger partial charge on any atom is -0.395 e. The molecule has 1 amide bonds. The van der Waals surface area contributed by atoms with Crippen LogP contribution in [0.15, 0.2) is 22.8 Å². The highest BCUT2D eigenvalue weighted by molar-refractivity contribution is 9.10. The lowest BCUT2D eigenvalue weighted by molar-refractivity contribution is 0.101. The monoisotopic (exact) mass is 323 g/mol. The number of halogens is 1. The predicted octanol–water partition coefficient (Wildman–Crippen LogP) is 2.20. The van der Waals surface area contributed by atoms with Gasteiger partial charge in [0.05, 0.1) is 15.9 Å². The zero-order valence-electron chi connectivity index (χ0n) is 10.6. The number of hydrogen-bond donors (Lipinski definition) is 2. The van der Waals surface area contributed by atoms with Gasteiger partial charge in [-0.1, -0.05) is 0 Å². The first-order chi connectivity index (χ1) is 9.04. The van der Waals surface area contributed by atoms with E-state index in [1.54, 1.807) is 29.9 Å². The van der Waals surface area contributed by atoms with Crippen LogP contribution < -0.4 is 11.1 Å². The van der Waals surface area contributed by atoms with Gasteiger partial charge in [-0.3, -0.25) is 9.48 Å². The van der Waals surface area contributed by atoms with Crippen LogP contribution >= 0.6 is 15.9 Å². The lowest BCUT2D eigenvalue weighted by Gasteiger charge is -2.08. The number of hydrogen-bond acceptors (Lipinski definition) is 4. The van der Waals surface area contributed by atoms with Crippen LogP contribution in [0.1, 0.15) is 23.1 Å². The lowest BCUT2D eigenvalue weighted by atomic mass is 10.3. The molecule has 2 aromatic heterocycles. The quantitative estimate of drug-likeness (QED) is 0.906. The van der Waals surface area contributed by atoms with Crippen LogP contribution in [0.2, 0.25) is 0 Å². The van der Waals surface area contributed by atoms with Crippen molar-refractivity contribution < 1.29 is 4.79 Å². The van der Waals surface area contributed by atoms with Crippen molar-refractivity contribution in [1.29, 1.82) is 0 Å². The Balaban J connectivity index is 2.33. The molecule has 0 fully saturated rings. The number of pyridine rings is 1. The molecule has 0 radical (unpaired) electrons. The standard InChI is InChI=1S/C12H14BrN5O/c1-3-18-10(9(14)7(2)17-18)12(19)16-11-8(13)5-4-6-15-11/h4-6H,3,14H2,1-2H3,(H,15,16,19). The highest BCUT2D eigenvalue weighted by atomic mass is 79.9. The Bertz CT molecular complexity index is 623. The molecule has 7 heteroatoms. The number of nitrogens with two attached hydrogens (primary N) is 1. The van der Waals surface area contributed by atoms with Crippen LogP contribution in [0.3, 0.4) is 0 Å². The third-order valence-corrected chi connectivity index (χ3v) is 3.32. The summed E-state index contributed by atoms with van der Waals surface area (Å²) in [6.45, 7) is 4.25. The van der Waals surface area contributed by atoms with Crippen molar-refractivity contribution in [2.45, 2.75) is 20.4 Å². The zero-order chi connectivity index (χ0) is 14.0. The molecule has 0 unspecified atom stereocenters. The van der Waals surface area contributed by atoms with Gasteiger partial charge < -0.3 is 11.1 Å². The summed E-state index contributed by atoms with van der Waals surface area (Å²) in [6, 6.07) is 3.57. The maximum Gasteiger partial charge on any atom is 0.277 e. The molecular formula is C12H14BrN5O. The fourth-order valence-corrected chi connectivity index (χ4v) is 2.06. The normalized spacial score (nSPS) is 10.5. The number of aryl methyl sites for hydroxylation is 2. The average molecular weight is 324 g/mol. The van der Waals surface area contributed by atoms with Crippen molar-refractivity contribution in [1.82, 2.24) is 14.8 Å². The van der Waals surface area contributed by atoms with Crippen LogP contribution in [0.4, 0.5) is 11.5 Å². The van der Waals surface area contributed by atoms with Crippen molar-refractivity contribution in [3.63, 3.8) is 0 Å². The first-order valence-corrected chi connectivity index (χ1v) is 6.58. The Kier molecular flexibility index (Phi) is 3.84. The number of carbonyl (C=O) groups is 1. The second-order valence-corrected chi connectivity index (χ2v) is 4.81. The van der Waals surface area contributed by atoms with E-state index in [2.05, 4.69) is 31.3 Å². The van der Waals surface area contributed by atoms with Gasteiger partial charge >= 0.3 is 0 Å². The molecule has 100 valence electrons. The minimum atomic E-state index is -0.320. The number of nitrogens with zero attached hydrogens (tertiary/aromatic N) is 3. The summed E-state index contributed by atoms with van der Waals surface area (Å²) in [6.07, 6.45) is 1.60. The lowest BCUT2D eigenvalue weighted by Crippen LogP contribution is -2.19. The SMILES string of the molecule is CCn1nc(C)c(N)c1C(=O)Nc1ncccc1Br. The van der Waals surface area contributed by atoms with Gasteiger partial charge in [0.2, 0.25) is 0 Å². The van der Waals surface area contributed by atoms with Gasteiger partial charge in [0.25, 0.3) is 5.91 Å². The molecule has 19 heavy (non-hydrogen) atoms. The molecule has 2 aromatic rings. The zero-order valence-corrected chi connectivity index (χ0v) is 12.2. The molecule has 6 nitrogen and oxygen atoms in total. The highest BCUT2D eigenvalue weighted by Gasteiger charge is 2.20. The van der Waals surface area contributed by atoms with Crippen molar-refractivity contribution in [3.8, 4) is 0 Å². The van der Waals surface area contributed by atoms with Gasteiger partial charge in [0, 0.05) is 12.7 Å². The van der Waals surface area contributed by atoms with E-state index >= 15 is 0 Å². The maximum absolute atomic E-state index is 12.3. The average Bonchev–Trinajstić information content (AvgIpc) is 2.68. The van der Waals surface area contributed by atoms with Crippen LogP contribution in [0, 0.1) is 6.92 Å². The first kappa shape index (κ1) is 13.5. The summed E-state index contributed by atoms with van der Waals surface area (Å²) < 4.78 is 2.29. The second kappa shape index (κ2) is 5.40. The molecule has 0 aliphatic carbocycles. The van der Waals surface area contributed by atoms with Crippen molar-refractivity contribution in [3.05, 3.63) is 34.2 Å². The number of nitrogen functional groups attached to an aromatic ring is 1. The molecule has 0 aromatic carbocycles. The molecule has 0 spiro atoms. The summed E-state index contributed by atoms with van der Waals surface area (Å²) in [4.78, 5) is 16.4. The van der Waals surface area contributed by atoms with Gasteiger partial charge in [-0.05, 0) is 41.9 Å². The van der Waals surface area contributed by atoms with Gasteiger partial charge in [0.1, 0.15) is 11.5 Å². The Hall–Kier alpha value is -1.89. The predicted molar refractivity (Wildman–Crippen MR) is 76.9 cm³/mol. The molecule has 0 bridgehead atoms. The fourth-order valence-electron chi connectivity index (χ4n) is 1.71. The molecule has 0 aliphatic rings. The second-order valence-electron chi connectivity index (χ2n) is 3.95. The van der Waals surface area contributed by atoms with Crippen LogP contribution in [0.25, 0.3) is 0 Å². The maximum atomic E-state index is 12.3. The van der Waals surface area contributed by atoms with Crippen LogP contribution in [0.5, 0.6) is 0 Å². The largest absolute Gasteiger partial charge is 0.395 e. The van der Waals surface area contributed by atoms with E-state index < -0.39 is 0 Å². The molecule has 2 heterocycles. The van der Waals surface area contributed by atoms with E-state index in [1.165, 1.54) is 0 Å². The molecule has 0 saturated heterocycles. The number of aromatic nitrogens is 3. The molecule has 0 atom stereocenters. The number of nitrogens with one attached hydrogen (secondary N) is 1. The highest BCUT2D eigenvalue weighted by Crippen LogP contribution is 2.21. The number of carbonyl (C=O) groups excluding carboxylic acids is 1.